The van der Waals surface area contributed by atoms with Crippen LogP contribution in [0.2, 0.25) is 10.0 Å². The van der Waals surface area contributed by atoms with E-state index in [0.29, 0.717) is 28.2 Å². The standard InChI is InChI=1S/C11H13Cl2N5O/c1-5-7(6(2)19-18-5)4-15-10-8(12)3-9(13)11(16-10)17-14/h3H,4,14H2,1-2H3,(H2,15,16,17). The van der Waals surface area contributed by atoms with E-state index >= 15 is 0 Å². The van der Waals surface area contributed by atoms with Crippen molar-refractivity contribution in [2.75, 3.05) is 10.7 Å². The molecular formula is C11H13Cl2N5O. The zero-order chi connectivity index (χ0) is 14.0. The Morgan fingerprint density at radius 3 is 2.53 bits per heavy atom. The number of rotatable bonds is 4. The van der Waals surface area contributed by atoms with E-state index in [2.05, 4.69) is 20.9 Å². The number of aromatic nitrogens is 2. The number of hydrazine groups is 1. The highest BCUT2D eigenvalue weighted by Crippen LogP contribution is 2.29. The van der Waals surface area contributed by atoms with Crippen LogP contribution in [0.1, 0.15) is 17.0 Å². The van der Waals surface area contributed by atoms with Gasteiger partial charge in [0, 0.05) is 12.1 Å². The fourth-order valence-corrected chi connectivity index (χ4v) is 2.10. The largest absolute Gasteiger partial charge is 0.364 e. The van der Waals surface area contributed by atoms with Gasteiger partial charge in [0.05, 0.1) is 15.7 Å². The van der Waals surface area contributed by atoms with Crippen molar-refractivity contribution in [3.05, 3.63) is 33.1 Å². The second kappa shape index (κ2) is 5.64. The smallest absolute Gasteiger partial charge is 0.161 e. The van der Waals surface area contributed by atoms with Crippen molar-refractivity contribution in [2.45, 2.75) is 20.4 Å². The van der Waals surface area contributed by atoms with Crippen LogP contribution in [0.15, 0.2) is 10.6 Å². The molecule has 2 heterocycles. The van der Waals surface area contributed by atoms with Gasteiger partial charge in [-0.25, -0.2) is 10.8 Å². The fraction of sp³-hybridized carbons (Fsp3) is 0.273. The first-order valence-corrected chi connectivity index (χ1v) is 6.26. The maximum atomic E-state index is 6.06. The molecular weight excluding hydrogens is 289 g/mol. The highest BCUT2D eigenvalue weighted by Gasteiger charge is 2.12. The van der Waals surface area contributed by atoms with Crippen LogP contribution in [0.5, 0.6) is 0 Å². The Balaban J connectivity index is 2.20. The monoisotopic (exact) mass is 301 g/mol. The van der Waals surface area contributed by atoms with Gasteiger partial charge in [0.2, 0.25) is 0 Å². The average Bonchev–Trinajstić information content (AvgIpc) is 2.68. The molecule has 0 radical (unpaired) electrons. The quantitative estimate of drug-likeness (QED) is 0.594. The second-order valence-corrected chi connectivity index (χ2v) is 4.76. The van der Waals surface area contributed by atoms with Crippen LogP contribution in [0, 0.1) is 13.8 Å². The van der Waals surface area contributed by atoms with Crippen molar-refractivity contribution in [1.29, 1.82) is 0 Å². The Morgan fingerprint density at radius 2 is 1.95 bits per heavy atom. The predicted octanol–water partition coefficient (Wildman–Crippen LogP) is 2.89. The van der Waals surface area contributed by atoms with Gasteiger partial charge >= 0.3 is 0 Å². The first kappa shape index (κ1) is 13.9. The molecule has 0 amide bonds. The first-order chi connectivity index (χ1) is 9.02. The minimum absolute atomic E-state index is 0.354. The van der Waals surface area contributed by atoms with Crippen LogP contribution in [0.25, 0.3) is 0 Å². The van der Waals surface area contributed by atoms with Crippen molar-refractivity contribution < 1.29 is 4.52 Å². The zero-order valence-electron chi connectivity index (χ0n) is 10.4. The molecule has 6 nitrogen and oxygen atoms in total. The molecule has 0 unspecified atom stereocenters. The number of halogens is 2. The summed E-state index contributed by atoms with van der Waals surface area (Å²) in [6.45, 7) is 4.22. The minimum atomic E-state index is 0.354. The van der Waals surface area contributed by atoms with Crippen LogP contribution < -0.4 is 16.6 Å². The highest BCUT2D eigenvalue weighted by atomic mass is 35.5. The van der Waals surface area contributed by atoms with Gasteiger partial charge in [-0.3, -0.25) is 0 Å². The molecule has 19 heavy (non-hydrogen) atoms. The summed E-state index contributed by atoms with van der Waals surface area (Å²) in [6, 6.07) is 1.57. The topological polar surface area (TPSA) is 89.0 Å². The van der Waals surface area contributed by atoms with E-state index in [1.54, 1.807) is 6.07 Å². The summed E-state index contributed by atoms with van der Waals surface area (Å²) in [4.78, 5) is 4.19. The van der Waals surface area contributed by atoms with Gasteiger partial charge in [0.25, 0.3) is 0 Å². The maximum absolute atomic E-state index is 6.06. The third-order valence-corrected chi connectivity index (χ3v) is 3.26. The lowest BCUT2D eigenvalue weighted by Gasteiger charge is -2.10. The molecule has 2 aromatic heterocycles. The third kappa shape index (κ3) is 2.91. The number of pyridine rings is 1. The number of nitrogen functional groups attached to an aromatic ring is 1. The van der Waals surface area contributed by atoms with Gasteiger partial charge in [-0.2, -0.15) is 0 Å². The number of nitrogens with one attached hydrogen (secondary N) is 2. The van der Waals surface area contributed by atoms with Gasteiger partial charge in [-0.15, -0.1) is 0 Å². The van der Waals surface area contributed by atoms with Crippen molar-refractivity contribution in [1.82, 2.24) is 10.1 Å². The Kier molecular flexibility index (Phi) is 4.14. The molecule has 0 aromatic carbocycles. The number of hydrogen-bond donors (Lipinski definition) is 3. The molecule has 102 valence electrons. The summed E-state index contributed by atoms with van der Waals surface area (Å²) >= 11 is 12.0. The van der Waals surface area contributed by atoms with E-state index in [4.69, 9.17) is 33.6 Å². The van der Waals surface area contributed by atoms with Gasteiger partial charge < -0.3 is 15.3 Å². The lowest BCUT2D eigenvalue weighted by atomic mass is 10.2. The zero-order valence-corrected chi connectivity index (χ0v) is 11.9. The van der Waals surface area contributed by atoms with Gasteiger partial charge in [0.15, 0.2) is 5.82 Å². The summed E-state index contributed by atoms with van der Waals surface area (Å²) in [5.41, 5.74) is 4.20. The van der Waals surface area contributed by atoms with Crippen LogP contribution in [-0.2, 0) is 6.54 Å². The van der Waals surface area contributed by atoms with Crippen LogP contribution >= 0.6 is 23.2 Å². The van der Waals surface area contributed by atoms with E-state index in [9.17, 15) is 0 Å². The average molecular weight is 302 g/mol. The fourth-order valence-electron chi connectivity index (χ4n) is 1.62. The molecule has 0 aliphatic heterocycles. The van der Waals surface area contributed by atoms with E-state index < -0.39 is 0 Å². The Bertz CT molecular complexity index is 580. The highest BCUT2D eigenvalue weighted by molar-refractivity contribution is 6.37. The number of hydrogen-bond acceptors (Lipinski definition) is 6. The lowest BCUT2D eigenvalue weighted by Crippen LogP contribution is -2.11. The normalized spacial score (nSPS) is 10.6. The lowest BCUT2D eigenvalue weighted by molar-refractivity contribution is 0.392. The van der Waals surface area contributed by atoms with Crippen LogP contribution in [0.3, 0.4) is 0 Å². The summed E-state index contributed by atoms with van der Waals surface area (Å²) in [5.74, 6) is 6.91. The van der Waals surface area contributed by atoms with E-state index in [1.165, 1.54) is 0 Å². The van der Waals surface area contributed by atoms with Crippen LogP contribution in [-0.4, -0.2) is 10.1 Å². The van der Waals surface area contributed by atoms with E-state index in [-0.39, 0.29) is 0 Å². The SMILES string of the molecule is Cc1noc(C)c1CNc1nc(NN)c(Cl)cc1Cl. The molecule has 0 fully saturated rings. The van der Waals surface area contributed by atoms with Crippen molar-refractivity contribution in [3.8, 4) is 0 Å². The summed E-state index contributed by atoms with van der Waals surface area (Å²) < 4.78 is 5.08. The second-order valence-electron chi connectivity index (χ2n) is 3.95. The Hall–Kier alpha value is -1.50. The number of nitrogens with two attached hydrogens (primary N) is 1. The summed E-state index contributed by atoms with van der Waals surface area (Å²) in [6.07, 6.45) is 0. The maximum Gasteiger partial charge on any atom is 0.161 e. The molecule has 8 heteroatoms. The molecule has 0 aliphatic rings. The third-order valence-electron chi connectivity index (χ3n) is 2.68. The molecule has 0 saturated heterocycles. The summed E-state index contributed by atoms with van der Waals surface area (Å²) in [7, 11) is 0. The van der Waals surface area contributed by atoms with Gasteiger partial charge in [-0.1, -0.05) is 28.4 Å². The molecule has 2 aromatic rings. The molecule has 0 bridgehead atoms. The Labute approximate surface area is 120 Å². The molecule has 0 aliphatic carbocycles. The van der Waals surface area contributed by atoms with Gasteiger partial charge in [-0.05, 0) is 19.9 Å². The van der Waals surface area contributed by atoms with Crippen LogP contribution in [0.4, 0.5) is 11.6 Å². The van der Waals surface area contributed by atoms with E-state index in [0.717, 1.165) is 17.0 Å². The van der Waals surface area contributed by atoms with Crippen molar-refractivity contribution in [3.63, 3.8) is 0 Å². The summed E-state index contributed by atoms with van der Waals surface area (Å²) in [5, 5.41) is 7.75. The molecule has 0 spiro atoms. The van der Waals surface area contributed by atoms with E-state index in [1.807, 2.05) is 13.8 Å². The minimum Gasteiger partial charge on any atom is -0.364 e. The molecule has 0 saturated carbocycles. The number of aryl methyl sites for hydroxylation is 2. The Morgan fingerprint density at radius 1 is 1.26 bits per heavy atom. The number of anilines is 2. The molecule has 2 rings (SSSR count). The first-order valence-electron chi connectivity index (χ1n) is 5.51. The predicted molar refractivity (Wildman–Crippen MR) is 75.4 cm³/mol. The van der Waals surface area contributed by atoms with Gasteiger partial charge in [0.1, 0.15) is 11.6 Å². The molecule has 4 N–H and O–H groups in total. The molecule has 0 atom stereocenters. The number of nitrogens with zero attached hydrogens (tertiary/aromatic N) is 2. The van der Waals surface area contributed by atoms with Crippen molar-refractivity contribution in [2.24, 2.45) is 5.84 Å². The van der Waals surface area contributed by atoms with Crippen molar-refractivity contribution >= 4 is 34.8 Å².